The van der Waals surface area contributed by atoms with Crippen LogP contribution in [0.4, 0.5) is 11.4 Å². The molecule has 1 amide bonds. The summed E-state index contributed by atoms with van der Waals surface area (Å²) in [5.74, 6) is -0.515. The van der Waals surface area contributed by atoms with Crippen LogP contribution in [0.15, 0.2) is 24.3 Å². The molecule has 0 radical (unpaired) electrons. The van der Waals surface area contributed by atoms with Crippen LogP contribution < -0.4 is 10.9 Å². The summed E-state index contributed by atoms with van der Waals surface area (Å²) >= 11 is 0. The maximum atomic E-state index is 10.6. The van der Waals surface area contributed by atoms with Crippen molar-refractivity contribution in [1.82, 2.24) is 5.43 Å². The Morgan fingerprint density at radius 1 is 1.43 bits per heavy atom. The predicted molar refractivity (Wildman–Crippen MR) is 51.6 cm³/mol. The molecule has 0 aliphatic rings. The maximum Gasteiger partial charge on any atom is 0.263 e. The summed E-state index contributed by atoms with van der Waals surface area (Å²) in [6.45, 7) is 6.15. The lowest BCUT2D eigenvalue weighted by atomic mass is 10.3. The number of aliphatic hydroxyl groups excluding tert-OH is 1. The summed E-state index contributed by atoms with van der Waals surface area (Å²) in [7, 11) is 0. The fourth-order valence-corrected chi connectivity index (χ4v) is 0.801. The van der Waals surface area contributed by atoms with Gasteiger partial charge in [0.1, 0.15) is 6.61 Å². The monoisotopic (exact) mass is 191 g/mol. The van der Waals surface area contributed by atoms with Crippen molar-refractivity contribution in [3.05, 3.63) is 35.7 Å². The van der Waals surface area contributed by atoms with E-state index in [4.69, 9.17) is 11.7 Å². The third-order valence-corrected chi connectivity index (χ3v) is 1.49. The number of aliphatic hydroxyl groups is 1. The van der Waals surface area contributed by atoms with Crippen LogP contribution in [-0.2, 0) is 4.79 Å². The van der Waals surface area contributed by atoms with Gasteiger partial charge in [-0.3, -0.25) is 15.6 Å². The lowest BCUT2D eigenvalue weighted by Gasteiger charge is -2.06. The summed E-state index contributed by atoms with van der Waals surface area (Å²) in [6, 6.07) is 6.57. The molecule has 0 bridgehead atoms. The van der Waals surface area contributed by atoms with E-state index in [1.165, 1.54) is 0 Å². The highest BCUT2D eigenvalue weighted by atomic mass is 16.3. The van der Waals surface area contributed by atoms with E-state index < -0.39 is 12.5 Å². The van der Waals surface area contributed by atoms with E-state index in [-0.39, 0.29) is 0 Å². The van der Waals surface area contributed by atoms with Gasteiger partial charge in [0.05, 0.1) is 12.3 Å². The molecule has 14 heavy (non-hydrogen) atoms. The second kappa shape index (κ2) is 4.84. The van der Waals surface area contributed by atoms with Gasteiger partial charge in [0.2, 0.25) is 0 Å². The lowest BCUT2D eigenvalue weighted by Crippen LogP contribution is -2.31. The number of hydrogen-bond donors (Lipinski definition) is 3. The van der Waals surface area contributed by atoms with Crippen molar-refractivity contribution in [1.29, 1.82) is 0 Å². The van der Waals surface area contributed by atoms with Crippen LogP contribution >= 0.6 is 0 Å². The van der Waals surface area contributed by atoms with Gasteiger partial charge in [0, 0.05) is 0 Å². The topological polar surface area (TPSA) is 65.7 Å². The van der Waals surface area contributed by atoms with Gasteiger partial charge in [-0.2, -0.15) is 0 Å². The van der Waals surface area contributed by atoms with Gasteiger partial charge in [-0.05, 0) is 12.1 Å². The molecule has 5 heteroatoms. The van der Waals surface area contributed by atoms with Crippen LogP contribution in [0.25, 0.3) is 4.85 Å². The van der Waals surface area contributed by atoms with E-state index in [1.807, 2.05) is 0 Å². The SMILES string of the molecule is [C-]#[N+]c1ccc(NNC(=O)CO)cc1. The fraction of sp³-hybridized carbons (Fsp3) is 0.111. The Labute approximate surface area is 81.2 Å². The first kappa shape index (κ1) is 10.0. The number of benzene rings is 1. The van der Waals surface area contributed by atoms with Gasteiger partial charge in [-0.15, -0.1) is 0 Å². The zero-order chi connectivity index (χ0) is 10.4. The summed E-state index contributed by atoms with van der Waals surface area (Å²) in [5.41, 5.74) is 6.04. The highest BCUT2D eigenvalue weighted by Gasteiger charge is 1.96. The van der Waals surface area contributed by atoms with E-state index >= 15 is 0 Å². The van der Waals surface area contributed by atoms with Crippen molar-refractivity contribution in [2.75, 3.05) is 12.0 Å². The minimum Gasteiger partial charge on any atom is -0.386 e. The van der Waals surface area contributed by atoms with E-state index in [0.717, 1.165) is 0 Å². The van der Waals surface area contributed by atoms with Crippen molar-refractivity contribution in [2.45, 2.75) is 0 Å². The minimum atomic E-state index is -0.562. The number of nitrogens with zero attached hydrogens (tertiary/aromatic N) is 1. The zero-order valence-electron chi connectivity index (χ0n) is 7.32. The van der Waals surface area contributed by atoms with Crippen molar-refractivity contribution < 1.29 is 9.90 Å². The summed E-state index contributed by atoms with van der Waals surface area (Å²) in [5, 5.41) is 8.40. The molecule has 0 unspecified atom stereocenters. The number of nitrogens with one attached hydrogen (secondary N) is 2. The largest absolute Gasteiger partial charge is 0.386 e. The molecule has 0 atom stereocenters. The van der Waals surface area contributed by atoms with Crippen molar-refractivity contribution in [2.24, 2.45) is 0 Å². The number of anilines is 1. The number of rotatable bonds is 3. The van der Waals surface area contributed by atoms with Crippen LogP contribution in [0.2, 0.25) is 0 Å². The number of hydrazine groups is 1. The van der Waals surface area contributed by atoms with Crippen LogP contribution in [0.3, 0.4) is 0 Å². The van der Waals surface area contributed by atoms with Crippen LogP contribution in [0, 0.1) is 6.57 Å². The highest BCUT2D eigenvalue weighted by molar-refractivity contribution is 5.78. The second-order valence-electron chi connectivity index (χ2n) is 2.49. The Morgan fingerprint density at radius 2 is 2.07 bits per heavy atom. The fourth-order valence-electron chi connectivity index (χ4n) is 0.801. The van der Waals surface area contributed by atoms with E-state index in [9.17, 15) is 4.79 Å². The molecule has 72 valence electrons. The number of hydrogen-bond acceptors (Lipinski definition) is 3. The Morgan fingerprint density at radius 3 is 2.57 bits per heavy atom. The minimum absolute atomic E-state index is 0.515. The number of carbonyl (C=O) groups is 1. The predicted octanol–water partition coefficient (Wildman–Crippen LogP) is 0.673. The summed E-state index contributed by atoms with van der Waals surface area (Å²) < 4.78 is 0. The zero-order valence-corrected chi connectivity index (χ0v) is 7.32. The van der Waals surface area contributed by atoms with Crippen molar-refractivity contribution in [3.8, 4) is 0 Å². The lowest BCUT2D eigenvalue weighted by molar-refractivity contribution is -0.123. The van der Waals surface area contributed by atoms with Gasteiger partial charge in [0.15, 0.2) is 5.69 Å². The van der Waals surface area contributed by atoms with Gasteiger partial charge < -0.3 is 5.11 Å². The molecule has 0 aliphatic carbocycles. The van der Waals surface area contributed by atoms with Crippen LogP contribution in [-0.4, -0.2) is 17.6 Å². The van der Waals surface area contributed by atoms with Crippen molar-refractivity contribution in [3.63, 3.8) is 0 Å². The standard InChI is InChI=1S/C9H9N3O2/c1-10-7-2-4-8(5-3-7)11-12-9(14)6-13/h2-5,11,13H,6H2,(H,12,14). The molecule has 1 aromatic rings. The molecule has 1 rings (SSSR count). The molecule has 0 aliphatic heterocycles. The molecule has 0 aromatic heterocycles. The second-order valence-corrected chi connectivity index (χ2v) is 2.49. The molecule has 5 nitrogen and oxygen atoms in total. The van der Waals surface area contributed by atoms with Gasteiger partial charge in [-0.25, -0.2) is 4.85 Å². The highest BCUT2D eigenvalue weighted by Crippen LogP contribution is 2.14. The number of amides is 1. The first-order chi connectivity index (χ1) is 6.76. The third kappa shape index (κ3) is 2.77. The number of carbonyl (C=O) groups excluding carboxylic acids is 1. The first-order valence-electron chi connectivity index (χ1n) is 3.89. The molecule has 0 saturated heterocycles. The van der Waals surface area contributed by atoms with E-state index in [2.05, 4.69) is 15.7 Å². The van der Waals surface area contributed by atoms with Crippen LogP contribution in [0.1, 0.15) is 0 Å². The van der Waals surface area contributed by atoms with Gasteiger partial charge in [0.25, 0.3) is 5.91 Å². The average Bonchev–Trinajstić information content (AvgIpc) is 2.26. The van der Waals surface area contributed by atoms with Crippen LogP contribution in [0.5, 0.6) is 0 Å². The van der Waals surface area contributed by atoms with E-state index in [0.29, 0.717) is 11.4 Å². The molecule has 0 fully saturated rings. The van der Waals surface area contributed by atoms with Gasteiger partial charge in [-0.1, -0.05) is 12.1 Å². The molecule has 0 saturated carbocycles. The molecular formula is C9H9N3O2. The quantitative estimate of drug-likeness (QED) is 0.486. The molecular weight excluding hydrogens is 182 g/mol. The Hall–Kier alpha value is -2.06. The first-order valence-corrected chi connectivity index (χ1v) is 3.89. The van der Waals surface area contributed by atoms with Gasteiger partial charge >= 0.3 is 0 Å². The molecule has 3 N–H and O–H groups in total. The Kier molecular flexibility index (Phi) is 3.47. The average molecular weight is 191 g/mol. The normalized spacial score (nSPS) is 8.86. The summed E-state index contributed by atoms with van der Waals surface area (Å²) in [6.07, 6.45) is 0. The Bertz CT molecular complexity index is 353. The molecule has 0 heterocycles. The van der Waals surface area contributed by atoms with Crippen molar-refractivity contribution >= 4 is 17.3 Å². The third-order valence-electron chi connectivity index (χ3n) is 1.49. The molecule has 0 spiro atoms. The smallest absolute Gasteiger partial charge is 0.263 e. The maximum absolute atomic E-state index is 10.6. The summed E-state index contributed by atoms with van der Waals surface area (Å²) in [4.78, 5) is 13.9. The molecule has 1 aromatic carbocycles. The van der Waals surface area contributed by atoms with E-state index in [1.54, 1.807) is 24.3 Å². The Balaban J connectivity index is 2.53.